The Morgan fingerprint density at radius 2 is 1.96 bits per heavy atom. The molecule has 0 radical (unpaired) electrons. The fourth-order valence-electron chi connectivity index (χ4n) is 5.73. The van der Waals surface area contributed by atoms with Crippen LogP contribution in [-0.2, 0) is 28.5 Å². The molecule has 2 N–H and O–H groups in total. The highest BCUT2D eigenvalue weighted by Gasteiger charge is 2.87. The average molecular weight is 382 g/mol. The van der Waals surface area contributed by atoms with Gasteiger partial charge in [0.15, 0.2) is 0 Å². The van der Waals surface area contributed by atoms with Crippen molar-refractivity contribution >= 4 is 11.9 Å². The van der Waals surface area contributed by atoms with Gasteiger partial charge >= 0.3 is 11.9 Å². The molecule has 2 aliphatic heterocycles. The van der Waals surface area contributed by atoms with E-state index < -0.39 is 58.9 Å². The summed E-state index contributed by atoms with van der Waals surface area (Å²) in [6.45, 7) is 6.49. The number of carbonyl (C=O) groups excluding carboxylic acids is 2. The molecule has 27 heavy (non-hydrogen) atoms. The van der Waals surface area contributed by atoms with Gasteiger partial charge in [-0.05, 0) is 13.3 Å². The lowest BCUT2D eigenvalue weighted by Gasteiger charge is -2.59. The summed E-state index contributed by atoms with van der Waals surface area (Å²) in [6.07, 6.45) is -2.04. The first-order chi connectivity index (χ1) is 12.6. The molecule has 1 spiro atoms. The Bertz CT molecular complexity index is 712. The number of rotatable bonds is 3. The summed E-state index contributed by atoms with van der Waals surface area (Å²) >= 11 is 0. The molecule has 1 saturated carbocycles. The van der Waals surface area contributed by atoms with Gasteiger partial charge in [-0.25, -0.2) is 0 Å². The van der Waals surface area contributed by atoms with Crippen molar-refractivity contribution in [2.75, 3.05) is 13.2 Å². The van der Waals surface area contributed by atoms with Gasteiger partial charge in [0.2, 0.25) is 0 Å². The smallest absolute Gasteiger partial charge is 0.303 e. The van der Waals surface area contributed by atoms with E-state index in [-0.39, 0.29) is 6.61 Å². The van der Waals surface area contributed by atoms with Crippen molar-refractivity contribution in [2.24, 2.45) is 10.8 Å². The number of aliphatic hydroxyl groups is 2. The van der Waals surface area contributed by atoms with Crippen LogP contribution in [0.4, 0.5) is 0 Å². The van der Waals surface area contributed by atoms with Gasteiger partial charge in [-0.1, -0.05) is 18.6 Å². The Labute approximate surface area is 157 Å². The normalized spacial score (nSPS) is 50.0. The van der Waals surface area contributed by atoms with Crippen molar-refractivity contribution in [3.05, 3.63) is 11.6 Å². The minimum atomic E-state index is -1.12. The molecule has 8 heteroatoms. The summed E-state index contributed by atoms with van der Waals surface area (Å²) in [5.74, 6) is -1.03. The first-order valence-electron chi connectivity index (χ1n) is 9.23. The van der Waals surface area contributed by atoms with Crippen LogP contribution in [0.3, 0.4) is 0 Å². The maximum atomic E-state index is 11.8. The first-order valence-corrected chi connectivity index (χ1v) is 9.23. The third-order valence-electron chi connectivity index (χ3n) is 7.10. The van der Waals surface area contributed by atoms with E-state index in [0.29, 0.717) is 13.0 Å². The fraction of sp³-hybridized carbons (Fsp3) is 0.789. The maximum absolute atomic E-state index is 11.8. The molecule has 0 aromatic rings. The zero-order valence-electron chi connectivity index (χ0n) is 15.9. The van der Waals surface area contributed by atoms with Crippen LogP contribution in [0.15, 0.2) is 11.6 Å². The highest BCUT2D eigenvalue weighted by Crippen LogP contribution is 2.72. The molecule has 4 unspecified atom stereocenters. The minimum absolute atomic E-state index is 0.128. The predicted octanol–water partition coefficient (Wildman–Crippen LogP) is 0.0957. The number of epoxide rings is 1. The van der Waals surface area contributed by atoms with Crippen molar-refractivity contribution in [1.82, 2.24) is 0 Å². The van der Waals surface area contributed by atoms with Gasteiger partial charge < -0.3 is 29.2 Å². The van der Waals surface area contributed by atoms with Crippen molar-refractivity contribution in [1.29, 1.82) is 0 Å². The third kappa shape index (κ3) is 2.18. The van der Waals surface area contributed by atoms with E-state index in [0.717, 1.165) is 5.57 Å². The van der Waals surface area contributed by atoms with Crippen molar-refractivity contribution in [3.8, 4) is 0 Å². The van der Waals surface area contributed by atoms with E-state index in [4.69, 9.17) is 18.9 Å². The second-order valence-electron chi connectivity index (χ2n) is 8.43. The first kappa shape index (κ1) is 18.9. The fourth-order valence-corrected chi connectivity index (χ4v) is 5.73. The topological polar surface area (TPSA) is 115 Å². The number of esters is 2. The lowest BCUT2D eigenvalue weighted by molar-refractivity contribution is -0.262. The molecule has 8 nitrogen and oxygen atoms in total. The van der Waals surface area contributed by atoms with Crippen molar-refractivity contribution < 1.29 is 38.7 Å². The Morgan fingerprint density at radius 3 is 2.52 bits per heavy atom. The van der Waals surface area contributed by atoms with Crippen molar-refractivity contribution in [3.63, 3.8) is 0 Å². The lowest BCUT2D eigenvalue weighted by atomic mass is 9.50. The molecule has 8 atom stereocenters. The third-order valence-corrected chi connectivity index (χ3v) is 7.10. The SMILES string of the molecule is CC(=O)OC[C@@]12C(C=C(C)C[C@H]1O)OC1C(O)C(OC(C)=O)[C@@]2(C)[C@@]12CO2. The van der Waals surface area contributed by atoms with Gasteiger partial charge in [0.25, 0.3) is 0 Å². The molecule has 4 rings (SSSR count). The number of hydrogen-bond acceptors (Lipinski definition) is 8. The van der Waals surface area contributed by atoms with E-state index in [2.05, 4.69) is 0 Å². The van der Waals surface area contributed by atoms with Crippen LogP contribution in [0.5, 0.6) is 0 Å². The van der Waals surface area contributed by atoms with Crippen molar-refractivity contribution in [2.45, 2.75) is 70.2 Å². The van der Waals surface area contributed by atoms with Crippen LogP contribution in [-0.4, -0.2) is 71.5 Å². The maximum Gasteiger partial charge on any atom is 0.303 e. The Hall–Kier alpha value is -1.48. The summed E-state index contributed by atoms with van der Waals surface area (Å²) in [5.41, 5.74) is -2.09. The van der Waals surface area contributed by atoms with Gasteiger partial charge in [-0.3, -0.25) is 9.59 Å². The highest BCUT2D eigenvalue weighted by molar-refractivity contribution is 5.67. The Morgan fingerprint density at radius 1 is 1.30 bits per heavy atom. The number of fused-ring (bicyclic) bond motifs is 2. The van der Waals surface area contributed by atoms with Crippen LogP contribution in [0.25, 0.3) is 0 Å². The second kappa shape index (κ2) is 5.76. The molecular formula is C19H26O8. The van der Waals surface area contributed by atoms with Gasteiger partial charge in [0.1, 0.15) is 30.5 Å². The van der Waals surface area contributed by atoms with E-state index >= 15 is 0 Å². The number of ether oxygens (including phenoxy) is 4. The molecule has 2 heterocycles. The summed E-state index contributed by atoms with van der Waals surface area (Å²) in [5, 5.41) is 22.2. The van der Waals surface area contributed by atoms with Crippen LogP contribution in [0.1, 0.15) is 34.1 Å². The van der Waals surface area contributed by atoms with E-state index in [1.165, 1.54) is 13.8 Å². The van der Waals surface area contributed by atoms with Crippen LogP contribution in [0.2, 0.25) is 0 Å². The molecule has 150 valence electrons. The van der Waals surface area contributed by atoms with Gasteiger partial charge in [0, 0.05) is 13.8 Å². The van der Waals surface area contributed by atoms with Crippen LogP contribution >= 0.6 is 0 Å². The van der Waals surface area contributed by atoms with E-state index in [1.807, 2.05) is 19.9 Å². The molecule has 4 aliphatic rings. The zero-order valence-corrected chi connectivity index (χ0v) is 15.9. The lowest BCUT2D eigenvalue weighted by Crippen LogP contribution is -2.71. The monoisotopic (exact) mass is 382 g/mol. The summed E-state index contributed by atoms with van der Waals surface area (Å²) in [4.78, 5) is 23.4. The molecule has 0 aromatic heterocycles. The van der Waals surface area contributed by atoms with Gasteiger partial charge in [-0.2, -0.15) is 0 Å². The highest BCUT2D eigenvalue weighted by atomic mass is 16.7. The number of hydrogen-bond donors (Lipinski definition) is 2. The molecule has 2 bridgehead atoms. The average Bonchev–Trinajstić information content (AvgIpc) is 3.34. The zero-order chi connectivity index (χ0) is 19.8. The largest absolute Gasteiger partial charge is 0.465 e. The van der Waals surface area contributed by atoms with Gasteiger partial charge in [-0.15, -0.1) is 0 Å². The molecule has 0 aromatic carbocycles. The number of carbonyl (C=O) groups is 2. The Kier molecular flexibility index (Phi) is 4.03. The van der Waals surface area contributed by atoms with E-state index in [9.17, 15) is 19.8 Å². The minimum Gasteiger partial charge on any atom is -0.465 e. The Balaban J connectivity index is 1.90. The molecular weight excluding hydrogens is 356 g/mol. The summed E-state index contributed by atoms with van der Waals surface area (Å²) < 4.78 is 23.0. The molecule has 2 aliphatic carbocycles. The quantitative estimate of drug-likeness (QED) is 0.401. The molecule has 3 fully saturated rings. The molecule has 2 saturated heterocycles. The van der Waals surface area contributed by atoms with E-state index in [1.54, 1.807) is 0 Å². The summed E-state index contributed by atoms with van der Waals surface area (Å²) in [6, 6.07) is 0. The predicted molar refractivity (Wildman–Crippen MR) is 90.5 cm³/mol. The number of aliphatic hydroxyl groups excluding tert-OH is 2. The summed E-state index contributed by atoms with van der Waals surface area (Å²) in [7, 11) is 0. The van der Waals surface area contributed by atoms with Crippen LogP contribution in [0, 0.1) is 10.8 Å². The molecule has 0 amide bonds. The van der Waals surface area contributed by atoms with Crippen LogP contribution < -0.4 is 0 Å². The standard InChI is InChI=1S/C19H26O8/c1-9-5-12(22)18(7-24-10(2)20)13(6-9)27-16-14(23)15(26-11(3)21)17(18,4)19(16)8-25-19/h6,12-16,22-23H,5,7-8H2,1-4H3/t12-,13?,14?,15?,16?,17-,18+,19-/m1/s1. The van der Waals surface area contributed by atoms with Gasteiger partial charge in [0.05, 0.1) is 29.6 Å². The second-order valence-corrected chi connectivity index (χ2v) is 8.43.